The fourth-order valence-electron chi connectivity index (χ4n) is 2.50. The van der Waals surface area contributed by atoms with Crippen LogP contribution >= 0.6 is 0 Å². The number of rotatable bonds is 8. The molecule has 0 aliphatic carbocycles. The Balaban J connectivity index is 2.23. The number of carboxylic acid groups (broad SMARTS) is 1. The highest BCUT2D eigenvalue weighted by molar-refractivity contribution is 6.02. The lowest BCUT2D eigenvalue weighted by Gasteiger charge is -2.25. The molecule has 0 aromatic heterocycles. The lowest BCUT2D eigenvalue weighted by Crippen LogP contribution is -2.35. The summed E-state index contributed by atoms with van der Waals surface area (Å²) in [6.07, 6.45) is -0.891. The first-order chi connectivity index (χ1) is 13.9. The first-order valence-electron chi connectivity index (χ1n) is 8.79. The summed E-state index contributed by atoms with van der Waals surface area (Å²) in [5, 5.41) is 20.5. The SMILES string of the molecule is CCO[C@H](/C=C/C(=O)O)[C@H](OC(=O)NC(=O)c1ccccc1)c1ccc(O)cc1. The zero-order valence-electron chi connectivity index (χ0n) is 15.6. The number of phenols is 1. The second kappa shape index (κ2) is 10.6. The van der Waals surface area contributed by atoms with Crippen LogP contribution in [0.5, 0.6) is 5.75 Å². The molecule has 2 amide bonds. The van der Waals surface area contributed by atoms with E-state index >= 15 is 0 Å². The topological polar surface area (TPSA) is 122 Å². The average molecular weight is 399 g/mol. The summed E-state index contributed by atoms with van der Waals surface area (Å²) in [5.41, 5.74) is 0.719. The molecule has 3 N–H and O–H groups in total. The van der Waals surface area contributed by atoms with Crippen LogP contribution in [-0.2, 0) is 14.3 Å². The summed E-state index contributed by atoms with van der Waals surface area (Å²) in [7, 11) is 0. The molecule has 0 aliphatic heterocycles. The third kappa shape index (κ3) is 6.78. The number of aromatic hydroxyl groups is 1. The number of nitrogens with one attached hydrogen (secondary N) is 1. The fourth-order valence-corrected chi connectivity index (χ4v) is 2.50. The van der Waals surface area contributed by atoms with Crippen molar-refractivity contribution in [2.45, 2.75) is 19.1 Å². The van der Waals surface area contributed by atoms with Gasteiger partial charge in [0.25, 0.3) is 5.91 Å². The molecule has 0 saturated heterocycles. The number of phenolic OH excluding ortho intramolecular Hbond substituents is 1. The molecule has 0 saturated carbocycles. The van der Waals surface area contributed by atoms with Gasteiger partial charge in [-0.1, -0.05) is 30.3 Å². The Labute approximate surface area is 167 Å². The average Bonchev–Trinajstić information content (AvgIpc) is 2.71. The quantitative estimate of drug-likeness (QED) is 0.583. The highest BCUT2D eigenvalue weighted by Gasteiger charge is 2.27. The van der Waals surface area contributed by atoms with E-state index in [1.807, 2.05) is 0 Å². The predicted molar refractivity (Wildman–Crippen MR) is 103 cm³/mol. The van der Waals surface area contributed by atoms with E-state index in [4.69, 9.17) is 14.6 Å². The predicted octanol–water partition coefficient (Wildman–Crippen LogP) is 3.05. The lowest BCUT2D eigenvalue weighted by atomic mass is 10.0. The fraction of sp³-hybridized carbons (Fsp3) is 0.190. The molecule has 0 fully saturated rings. The minimum atomic E-state index is -1.19. The standard InChI is InChI=1S/C21H21NO7/c1-2-28-17(12-13-18(24)25)19(14-8-10-16(23)11-9-14)29-21(27)22-20(26)15-6-4-3-5-7-15/h3-13,17,19,23H,2H2,1H3,(H,24,25)(H,22,26,27)/b13-12+/t17-,19-/m1/s1. The Morgan fingerprint density at radius 2 is 1.72 bits per heavy atom. The van der Waals surface area contributed by atoms with Crippen molar-refractivity contribution in [1.82, 2.24) is 5.32 Å². The number of hydrogen-bond donors (Lipinski definition) is 3. The second-order valence-electron chi connectivity index (χ2n) is 5.85. The van der Waals surface area contributed by atoms with Gasteiger partial charge in [0.2, 0.25) is 0 Å². The highest BCUT2D eigenvalue weighted by atomic mass is 16.6. The maximum atomic E-state index is 12.3. The number of amides is 2. The number of aliphatic carboxylic acids is 1. The molecule has 0 heterocycles. The van der Waals surface area contributed by atoms with Crippen molar-refractivity contribution in [3.63, 3.8) is 0 Å². The molecule has 0 unspecified atom stereocenters. The van der Waals surface area contributed by atoms with Gasteiger partial charge < -0.3 is 19.7 Å². The zero-order valence-corrected chi connectivity index (χ0v) is 15.6. The van der Waals surface area contributed by atoms with Crippen molar-refractivity contribution < 1.29 is 34.1 Å². The van der Waals surface area contributed by atoms with Crippen LogP contribution in [0.3, 0.4) is 0 Å². The third-order valence-electron chi connectivity index (χ3n) is 3.79. The second-order valence-corrected chi connectivity index (χ2v) is 5.85. The molecular weight excluding hydrogens is 378 g/mol. The molecule has 152 valence electrons. The minimum Gasteiger partial charge on any atom is -0.508 e. The van der Waals surface area contributed by atoms with Gasteiger partial charge in [-0.25, -0.2) is 9.59 Å². The van der Waals surface area contributed by atoms with Gasteiger partial charge in [0, 0.05) is 18.2 Å². The van der Waals surface area contributed by atoms with E-state index < -0.39 is 30.2 Å². The summed E-state index contributed by atoms with van der Waals surface area (Å²) in [6.45, 7) is 1.92. The third-order valence-corrected chi connectivity index (χ3v) is 3.79. The first kappa shape index (κ1) is 21.6. The summed E-state index contributed by atoms with van der Waals surface area (Å²) in [6, 6.07) is 13.9. The van der Waals surface area contributed by atoms with Crippen molar-refractivity contribution in [2.24, 2.45) is 0 Å². The Morgan fingerprint density at radius 1 is 1.07 bits per heavy atom. The zero-order chi connectivity index (χ0) is 21.2. The summed E-state index contributed by atoms with van der Waals surface area (Å²) in [5.74, 6) is -1.83. The van der Waals surface area contributed by atoms with E-state index in [1.54, 1.807) is 37.3 Å². The summed E-state index contributed by atoms with van der Waals surface area (Å²) >= 11 is 0. The normalized spacial score (nSPS) is 12.9. The van der Waals surface area contributed by atoms with Gasteiger partial charge in [0.1, 0.15) is 11.9 Å². The van der Waals surface area contributed by atoms with Crippen molar-refractivity contribution in [3.05, 3.63) is 77.9 Å². The molecule has 8 heteroatoms. The van der Waals surface area contributed by atoms with Crippen molar-refractivity contribution in [3.8, 4) is 5.75 Å². The Morgan fingerprint density at radius 3 is 2.31 bits per heavy atom. The van der Waals surface area contributed by atoms with Crippen molar-refractivity contribution in [1.29, 1.82) is 0 Å². The van der Waals surface area contributed by atoms with Gasteiger partial charge in [-0.3, -0.25) is 10.1 Å². The number of carboxylic acids is 1. The summed E-state index contributed by atoms with van der Waals surface area (Å²) < 4.78 is 10.9. The molecule has 0 bridgehead atoms. The van der Waals surface area contributed by atoms with Gasteiger partial charge in [-0.15, -0.1) is 0 Å². The largest absolute Gasteiger partial charge is 0.508 e. The Hall–Kier alpha value is -3.65. The molecule has 8 nitrogen and oxygen atoms in total. The summed E-state index contributed by atoms with van der Waals surface area (Å²) in [4.78, 5) is 35.4. The van der Waals surface area contributed by atoms with Crippen LogP contribution in [0.1, 0.15) is 28.9 Å². The van der Waals surface area contributed by atoms with E-state index in [-0.39, 0.29) is 17.9 Å². The van der Waals surface area contributed by atoms with E-state index in [0.717, 1.165) is 6.08 Å². The number of carbonyl (C=O) groups is 3. The van der Waals surface area contributed by atoms with Crippen LogP contribution in [0.4, 0.5) is 4.79 Å². The number of benzene rings is 2. The minimum absolute atomic E-state index is 0.00486. The van der Waals surface area contributed by atoms with Crippen LogP contribution in [0.2, 0.25) is 0 Å². The van der Waals surface area contributed by atoms with Crippen LogP contribution in [0, 0.1) is 0 Å². The monoisotopic (exact) mass is 399 g/mol. The van der Waals surface area contributed by atoms with E-state index in [9.17, 15) is 19.5 Å². The molecule has 2 rings (SSSR count). The van der Waals surface area contributed by atoms with E-state index in [1.165, 1.54) is 30.3 Å². The van der Waals surface area contributed by atoms with E-state index in [2.05, 4.69) is 5.32 Å². The van der Waals surface area contributed by atoms with Gasteiger partial charge in [0.05, 0.1) is 0 Å². The van der Waals surface area contributed by atoms with E-state index in [0.29, 0.717) is 5.56 Å². The van der Waals surface area contributed by atoms with Crippen LogP contribution < -0.4 is 5.32 Å². The highest BCUT2D eigenvalue weighted by Crippen LogP contribution is 2.26. The van der Waals surface area contributed by atoms with Crippen LogP contribution in [0.15, 0.2) is 66.7 Å². The first-order valence-corrected chi connectivity index (χ1v) is 8.79. The van der Waals surface area contributed by atoms with Gasteiger partial charge in [0.15, 0.2) is 6.10 Å². The lowest BCUT2D eigenvalue weighted by molar-refractivity contribution is -0.131. The van der Waals surface area contributed by atoms with Crippen LogP contribution in [-0.4, -0.2) is 40.9 Å². The smallest absolute Gasteiger partial charge is 0.414 e. The molecule has 2 atom stereocenters. The Bertz CT molecular complexity index is 862. The maximum Gasteiger partial charge on any atom is 0.414 e. The molecule has 0 spiro atoms. The molecule has 0 radical (unpaired) electrons. The number of alkyl carbamates (subject to hydrolysis) is 1. The number of hydrogen-bond acceptors (Lipinski definition) is 6. The maximum absolute atomic E-state index is 12.3. The number of ether oxygens (including phenoxy) is 2. The molecule has 29 heavy (non-hydrogen) atoms. The molecule has 2 aromatic carbocycles. The number of imide groups is 1. The Kier molecular flexibility index (Phi) is 7.93. The van der Waals surface area contributed by atoms with Crippen LogP contribution in [0.25, 0.3) is 0 Å². The number of carbonyl (C=O) groups excluding carboxylic acids is 2. The van der Waals surface area contributed by atoms with Gasteiger partial charge in [-0.05, 0) is 42.8 Å². The molecule has 2 aromatic rings. The van der Waals surface area contributed by atoms with Crippen molar-refractivity contribution >= 4 is 18.0 Å². The van der Waals surface area contributed by atoms with Gasteiger partial charge in [-0.2, -0.15) is 0 Å². The molecule has 0 aliphatic rings. The van der Waals surface area contributed by atoms with Gasteiger partial charge >= 0.3 is 12.1 Å². The molecular formula is C21H21NO7. The van der Waals surface area contributed by atoms with Crippen molar-refractivity contribution in [2.75, 3.05) is 6.61 Å².